The Morgan fingerprint density at radius 2 is 1.56 bits per heavy atom. The van der Waals surface area contributed by atoms with Crippen molar-refractivity contribution in [3.63, 3.8) is 0 Å². The molecule has 0 spiro atoms. The lowest BCUT2D eigenvalue weighted by atomic mass is 10.1. The second-order valence-electron chi connectivity index (χ2n) is 6.68. The summed E-state index contributed by atoms with van der Waals surface area (Å²) >= 11 is 0. The van der Waals surface area contributed by atoms with Gasteiger partial charge in [-0.1, -0.05) is 0 Å². The van der Waals surface area contributed by atoms with Crippen LogP contribution in [0.4, 0.5) is 0 Å². The highest BCUT2D eigenvalue weighted by Crippen LogP contribution is 2.27. The van der Waals surface area contributed by atoms with E-state index in [0.717, 1.165) is 6.54 Å². The molecule has 0 amide bonds. The molecule has 0 aromatic heterocycles. The van der Waals surface area contributed by atoms with Gasteiger partial charge in [0.15, 0.2) is 0 Å². The fourth-order valence-electron chi connectivity index (χ4n) is 2.53. The van der Waals surface area contributed by atoms with E-state index < -0.39 is 14.8 Å². The number of hydrogen-bond donors (Lipinski definition) is 0. The Morgan fingerprint density at radius 1 is 1.06 bits per heavy atom. The highest BCUT2D eigenvalue weighted by atomic mass is 32.2. The van der Waals surface area contributed by atoms with Crippen LogP contribution in [0.5, 0.6) is 0 Å². The first kappa shape index (κ1) is 15.9. The predicted molar refractivity (Wildman–Crippen MR) is 76.1 cm³/mol. The van der Waals surface area contributed by atoms with Crippen LogP contribution >= 0.6 is 0 Å². The minimum Gasteiger partial charge on any atom is -0.295 e. The van der Waals surface area contributed by atoms with Gasteiger partial charge >= 0.3 is 0 Å². The highest BCUT2D eigenvalue weighted by Gasteiger charge is 2.42. The summed E-state index contributed by atoms with van der Waals surface area (Å²) in [6, 6.07) is 0.785. The van der Waals surface area contributed by atoms with Crippen molar-refractivity contribution in [1.29, 1.82) is 0 Å². The van der Waals surface area contributed by atoms with E-state index >= 15 is 0 Å². The maximum absolute atomic E-state index is 12.5. The normalized spacial score (nSPS) is 28.9. The summed E-state index contributed by atoms with van der Waals surface area (Å²) in [4.78, 5) is 2.37. The van der Waals surface area contributed by atoms with Gasteiger partial charge in [-0.2, -0.15) is 4.31 Å². The average molecular weight is 276 g/mol. The molecule has 0 bridgehead atoms. The third-order valence-electron chi connectivity index (χ3n) is 3.72. The lowest BCUT2D eigenvalue weighted by Gasteiger charge is -2.46. The van der Waals surface area contributed by atoms with Gasteiger partial charge in [0.1, 0.15) is 0 Å². The van der Waals surface area contributed by atoms with Crippen molar-refractivity contribution in [3.8, 4) is 0 Å². The fraction of sp³-hybridized carbons (Fsp3) is 1.00. The molecule has 1 heterocycles. The number of sulfonamides is 1. The van der Waals surface area contributed by atoms with Gasteiger partial charge in [0.2, 0.25) is 10.0 Å². The third-order valence-corrected chi connectivity index (χ3v) is 6.40. The van der Waals surface area contributed by atoms with Gasteiger partial charge in [0.25, 0.3) is 0 Å². The van der Waals surface area contributed by atoms with Crippen molar-refractivity contribution in [2.45, 2.75) is 71.3 Å². The maximum Gasteiger partial charge on any atom is 0.219 e. The van der Waals surface area contributed by atoms with Crippen molar-refractivity contribution in [2.24, 2.45) is 0 Å². The third kappa shape index (κ3) is 2.89. The molecule has 1 rings (SSSR count). The molecule has 0 N–H and O–H groups in total. The highest BCUT2D eigenvalue weighted by molar-refractivity contribution is 7.90. The van der Waals surface area contributed by atoms with Crippen LogP contribution in [0, 0.1) is 0 Å². The first-order valence-electron chi connectivity index (χ1n) is 6.75. The van der Waals surface area contributed by atoms with Crippen molar-refractivity contribution >= 4 is 10.0 Å². The topological polar surface area (TPSA) is 40.6 Å². The molecule has 2 atom stereocenters. The zero-order chi connectivity index (χ0) is 14.3. The van der Waals surface area contributed by atoms with Gasteiger partial charge in [-0.15, -0.1) is 0 Å². The Morgan fingerprint density at radius 3 is 1.94 bits per heavy atom. The molecule has 1 fully saturated rings. The fourth-order valence-corrected chi connectivity index (χ4v) is 4.18. The smallest absolute Gasteiger partial charge is 0.219 e. The van der Waals surface area contributed by atoms with Crippen LogP contribution in [0.15, 0.2) is 0 Å². The van der Waals surface area contributed by atoms with Crippen LogP contribution in [0.25, 0.3) is 0 Å². The molecule has 4 nitrogen and oxygen atoms in total. The van der Waals surface area contributed by atoms with Gasteiger partial charge in [0.05, 0.1) is 4.75 Å². The number of rotatable bonds is 2. The number of nitrogens with zero attached hydrogens (tertiary/aromatic N) is 2. The molecule has 108 valence electrons. The van der Waals surface area contributed by atoms with Gasteiger partial charge in [-0.05, 0) is 48.5 Å². The summed E-state index contributed by atoms with van der Waals surface area (Å²) in [5.74, 6) is 0. The molecule has 0 saturated carbocycles. The van der Waals surface area contributed by atoms with E-state index in [4.69, 9.17) is 0 Å². The zero-order valence-electron chi connectivity index (χ0n) is 12.8. The Hall–Kier alpha value is -0.130. The van der Waals surface area contributed by atoms with E-state index in [0.29, 0.717) is 12.6 Å². The molecule has 0 unspecified atom stereocenters. The molecule has 5 heteroatoms. The van der Waals surface area contributed by atoms with Crippen LogP contribution in [0.1, 0.15) is 48.5 Å². The zero-order valence-corrected chi connectivity index (χ0v) is 13.6. The Kier molecular flexibility index (Phi) is 4.51. The number of hydrogen-bond acceptors (Lipinski definition) is 3. The van der Waals surface area contributed by atoms with Crippen molar-refractivity contribution in [2.75, 3.05) is 13.1 Å². The van der Waals surface area contributed by atoms with Crippen molar-refractivity contribution < 1.29 is 8.42 Å². The Bertz CT molecular complexity index is 384. The second kappa shape index (κ2) is 5.10. The van der Waals surface area contributed by atoms with Gasteiger partial charge in [0, 0.05) is 31.2 Å². The van der Waals surface area contributed by atoms with Crippen LogP contribution in [0.3, 0.4) is 0 Å². The SMILES string of the molecule is CC(C)N1C[C@@H](C)N(S(=O)(=O)C(C)(C)C)C[C@@H]1C. The van der Waals surface area contributed by atoms with Crippen molar-refractivity contribution in [3.05, 3.63) is 0 Å². The molecular weight excluding hydrogens is 248 g/mol. The van der Waals surface area contributed by atoms with Crippen LogP contribution < -0.4 is 0 Å². The van der Waals surface area contributed by atoms with E-state index in [1.807, 2.05) is 6.92 Å². The van der Waals surface area contributed by atoms with E-state index in [9.17, 15) is 8.42 Å². The van der Waals surface area contributed by atoms with E-state index in [2.05, 4.69) is 25.7 Å². The lowest BCUT2D eigenvalue weighted by molar-refractivity contribution is 0.0657. The van der Waals surface area contributed by atoms with E-state index in [1.54, 1.807) is 25.1 Å². The van der Waals surface area contributed by atoms with E-state index in [-0.39, 0.29) is 12.1 Å². The predicted octanol–water partition coefficient (Wildman–Crippen LogP) is 1.92. The Balaban J connectivity index is 2.96. The molecule has 0 aromatic rings. The molecular formula is C13H28N2O2S. The van der Waals surface area contributed by atoms with Crippen LogP contribution in [0.2, 0.25) is 0 Å². The second-order valence-corrected chi connectivity index (χ2v) is 9.32. The summed E-state index contributed by atoms with van der Waals surface area (Å²) in [5.41, 5.74) is 0. The standard InChI is InChI=1S/C13H28N2O2S/c1-10(2)14-8-12(4)15(9-11(14)3)18(16,17)13(5,6)7/h10-12H,8-9H2,1-7H3/t11-,12+/m0/s1. The summed E-state index contributed by atoms with van der Waals surface area (Å²) in [6.45, 7) is 15.2. The molecule has 1 aliphatic heterocycles. The maximum atomic E-state index is 12.5. The Labute approximate surface area is 112 Å². The number of piperazine rings is 1. The van der Waals surface area contributed by atoms with Gasteiger partial charge < -0.3 is 0 Å². The molecule has 18 heavy (non-hydrogen) atoms. The van der Waals surface area contributed by atoms with Crippen LogP contribution in [-0.2, 0) is 10.0 Å². The molecule has 0 aromatic carbocycles. The monoisotopic (exact) mass is 276 g/mol. The van der Waals surface area contributed by atoms with Crippen molar-refractivity contribution in [1.82, 2.24) is 9.21 Å². The molecule has 0 radical (unpaired) electrons. The van der Waals surface area contributed by atoms with E-state index in [1.165, 1.54) is 0 Å². The molecule has 1 aliphatic rings. The molecule has 1 saturated heterocycles. The summed E-state index contributed by atoms with van der Waals surface area (Å²) in [6.07, 6.45) is 0. The molecule has 0 aliphatic carbocycles. The van der Waals surface area contributed by atoms with Crippen LogP contribution in [-0.4, -0.2) is 53.6 Å². The first-order valence-corrected chi connectivity index (χ1v) is 8.19. The minimum absolute atomic E-state index is 0.0489. The summed E-state index contributed by atoms with van der Waals surface area (Å²) < 4.78 is 26.1. The first-order chi connectivity index (χ1) is 7.98. The van der Waals surface area contributed by atoms with Gasteiger partial charge in [-0.25, -0.2) is 8.42 Å². The average Bonchev–Trinajstić information content (AvgIpc) is 2.18. The quantitative estimate of drug-likeness (QED) is 0.773. The summed E-state index contributed by atoms with van der Waals surface area (Å²) in [5, 5.41) is 0. The van der Waals surface area contributed by atoms with Gasteiger partial charge in [-0.3, -0.25) is 4.90 Å². The summed E-state index contributed by atoms with van der Waals surface area (Å²) in [7, 11) is -3.22. The largest absolute Gasteiger partial charge is 0.295 e. The minimum atomic E-state index is -3.22. The lowest BCUT2D eigenvalue weighted by Crippen LogP contribution is -2.61.